The van der Waals surface area contributed by atoms with Crippen LogP contribution < -0.4 is 0 Å². The molecule has 6 heteroatoms. The first-order chi connectivity index (χ1) is 13.4. The maximum Gasteiger partial charge on any atom is 0.337 e. The molecule has 150 valence electrons. The molecular weight excluding hydrogens is 358 g/mol. The highest BCUT2D eigenvalue weighted by Crippen LogP contribution is 2.43. The number of esters is 1. The van der Waals surface area contributed by atoms with Gasteiger partial charge < -0.3 is 19.0 Å². The Hall–Kier alpha value is -2.60. The minimum absolute atomic E-state index is 0.0712. The Morgan fingerprint density at radius 2 is 2.04 bits per heavy atom. The van der Waals surface area contributed by atoms with Crippen molar-refractivity contribution in [3.63, 3.8) is 0 Å². The summed E-state index contributed by atoms with van der Waals surface area (Å²) in [5.74, 6) is -0.609. The van der Waals surface area contributed by atoms with Gasteiger partial charge in [0.15, 0.2) is 0 Å². The van der Waals surface area contributed by atoms with Crippen molar-refractivity contribution in [1.29, 1.82) is 0 Å². The molecule has 3 rings (SSSR count). The Morgan fingerprint density at radius 1 is 1.29 bits per heavy atom. The first-order valence-corrected chi connectivity index (χ1v) is 9.40. The quantitative estimate of drug-likeness (QED) is 0.421. The molecule has 1 aromatic carbocycles. The monoisotopic (exact) mass is 385 g/mol. The second-order valence-electron chi connectivity index (χ2n) is 7.88. The highest BCUT2D eigenvalue weighted by atomic mass is 16.7. The number of ether oxygens (including phenoxy) is 3. The maximum absolute atomic E-state index is 12.2. The number of hydrogen-bond donors (Lipinski definition) is 0. The maximum atomic E-state index is 12.2. The van der Waals surface area contributed by atoms with Gasteiger partial charge in [0.05, 0.1) is 37.7 Å². The molecular formula is C22H27NO5. The van der Waals surface area contributed by atoms with Crippen molar-refractivity contribution in [3.8, 4) is 0 Å². The van der Waals surface area contributed by atoms with Crippen LogP contribution >= 0.6 is 0 Å². The highest BCUT2D eigenvalue weighted by molar-refractivity contribution is 5.90. The zero-order valence-corrected chi connectivity index (χ0v) is 16.8. The third kappa shape index (κ3) is 4.81. The van der Waals surface area contributed by atoms with E-state index in [1.165, 1.54) is 13.4 Å². The van der Waals surface area contributed by atoms with E-state index >= 15 is 0 Å². The lowest BCUT2D eigenvalue weighted by Crippen LogP contribution is -2.37. The number of rotatable bonds is 6. The number of allylic oxidation sites excluding steroid dienone is 1. The van der Waals surface area contributed by atoms with Crippen molar-refractivity contribution in [2.24, 2.45) is 17.0 Å². The average Bonchev–Trinajstić information content (AvgIpc) is 3.09. The highest BCUT2D eigenvalue weighted by Gasteiger charge is 2.44. The summed E-state index contributed by atoms with van der Waals surface area (Å²) in [7, 11) is 1.37. The van der Waals surface area contributed by atoms with Gasteiger partial charge in [0, 0.05) is 5.92 Å². The molecule has 2 aliphatic rings. The molecule has 0 saturated carbocycles. The molecule has 0 unspecified atom stereocenters. The number of methoxy groups -OCH3 is 1. The van der Waals surface area contributed by atoms with Crippen LogP contribution in [0.1, 0.15) is 32.8 Å². The first kappa shape index (κ1) is 20.1. The van der Waals surface area contributed by atoms with E-state index in [0.29, 0.717) is 18.6 Å². The molecule has 0 spiro atoms. The second kappa shape index (κ2) is 8.61. The summed E-state index contributed by atoms with van der Waals surface area (Å²) in [6, 6.07) is 9.90. The number of nitrogens with zero attached hydrogens (tertiary/aromatic N) is 1. The zero-order chi connectivity index (χ0) is 20.1. The SMILES string of the molecule is COC(=O)C1=CO[C@@H](OCc2ccccc2)[C@@H]2C(C=NOC(C)(C)C)=CC[C@H]12. The van der Waals surface area contributed by atoms with Crippen LogP contribution in [0.5, 0.6) is 0 Å². The van der Waals surface area contributed by atoms with Gasteiger partial charge in [-0.05, 0) is 38.3 Å². The fraction of sp³-hybridized carbons (Fsp3) is 0.455. The minimum atomic E-state index is -0.520. The first-order valence-electron chi connectivity index (χ1n) is 9.40. The van der Waals surface area contributed by atoms with Crippen LogP contribution in [0.4, 0.5) is 0 Å². The molecule has 3 atom stereocenters. The summed E-state index contributed by atoms with van der Waals surface area (Å²) in [5, 5.41) is 4.12. The summed E-state index contributed by atoms with van der Waals surface area (Å²) in [6.07, 6.45) is 5.39. The Morgan fingerprint density at radius 3 is 2.71 bits per heavy atom. The van der Waals surface area contributed by atoms with Gasteiger partial charge in [-0.2, -0.15) is 0 Å². The van der Waals surface area contributed by atoms with Crippen molar-refractivity contribution in [3.05, 3.63) is 59.4 Å². The largest absolute Gasteiger partial charge is 0.471 e. The molecule has 6 nitrogen and oxygen atoms in total. The van der Waals surface area contributed by atoms with Gasteiger partial charge in [0.1, 0.15) is 5.60 Å². The van der Waals surface area contributed by atoms with E-state index in [0.717, 1.165) is 11.1 Å². The van der Waals surface area contributed by atoms with E-state index in [1.807, 2.05) is 51.1 Å². The predicted octanol–water partition coefficient (Wildman–Crippen LogP) is 3.98. The molecule has 0 amide bonds. The molecule has 1 heterocycles. The number of carbonyl (C=O) groups is 1. The van der Waals surface area contributed by atoms with Crippen LogP contribution in [0.15, 0.2) is 59.0 Å². The topological polar surface area (TPSA) is 66.4 Å². The van der Waals surface area contributed by atoms with Crippen molar-refractivity contribution >= 4 is 12.2 Å². The van der Waals surface area contributed by atoms with Gasteiger partial charge >= 0.3 is 5.97 Å². The van der Waals surface area contributed by atoms with E-state index < -0.39 is 6.29 Å². The number of hydrogen-bond acceptors (Lipinski definition) is 6. The lowest BCUT2D eigenvalue weighted by atomic mass is 9.83. The van der Waals surface area contributed by atoms with E-state index in [-0.39, 0.29) is 23.4 Å². The summed E-state index contributed by atoms with van der Waals surface area (Å²) in [6.45, 7) is 6.22. The van der Waals surface area contributed by atoms with Crippen LogP contribution in [0.3, 0.4) is 0 Å². The Kier molecular flexibility index (Phi) is 6.19. The average molecular weight is 385 g/mol. The third-order valence-corrected chi connectivity index (χ3v) is 4.65. The molecule has 0 aromatic heterocycles. The smallest absolute Gasteiger partial charge is 0.337 e. The normalized spacial score (nSPS) is 24.2. The zero-order valence-electron chi connectivity index (χ0n) is 16.8. The molecule has 0 N–H and O–H groups in total. The van der Waals surface area contributed by atoms with Crippen LogP contribution in [-0.2, 0) is 30.4 Å². The van der Waals surface area contributed by atoms with Crippen molar-refractivity contribution in [1.82, 2.24) is 0 Å². The molecule has 1 aromatic rings. The van der Waals surface area contributed by atoms with Crippen molar-refractivity contribution < 1.29 is 23.8 Å². The van der Waals surface area contributed by atoms with Crippen molar-refractivity contribution in [2.75, 3.05) is 7.11 Å². The number of fused-ring (bicyclic) bond motifs is 1. The summed E-state index contributed by atoms with van der Waals surface area (Å²) in [4.78, 5) is 17.6. The summed E-state index contributed by atoms with van der Waals surface area (Å²) >= 11 is 0. The minimum Gasteiger partial charge on any atom is -0.471 e. The lowest BCUT2D eigenvalue weighted by molar-refractivity contribution is -0.159. The van der Waals surface area contributed by atoms with Crippen LogP contribution in [0, 0.1) is 11.8 Å². The van der Waals surface area contributed by atoms with Gasteiger partial charge in [0.25, 0.3) is 0 Å². The van der Waals surface area contributed by atoms with Gasteiger partial charge in [0.2, 0.25) is 6.29 Å². The number of oxime groups is 1. The van der Waals surface area contributed by atoms with Crippen LogP contribution in [0.2, 0.25) is 0 Å². The van der Waals surface area contributed by atoms with E-state index in [4.69, 9.17) is 19.0 Å². The molecule has 1 aliphatic carbocycles. The predicted molar refractivity (Wildman–Crippen MR) is 105 cm³/mol. The number of benzene rings is 1. The molecule has 28 heavy (non-hydrogen) atoms. The van der Waals surface area contributed by atoms with Crippen molar-refractivity contribution in [2.45, 2.75) is 45.7 Å². The molecule has 0 bridgehead atoms. The van der Waals surface area contributed by atoms with E-state index in [9.17, 15) is 4.79 Å². The van der Waals surface area contributed by atoms with Gasteiger partial charge in [-0.1, -0.05) is 41.6 Å². The molecule has 0 fully saturated rings. The van der Waals surface area contributed by atoms with Gasteiger partial charge in [-0.15, -0.1) is 0 Å². The molecule has 1 aliphatic heterocycles. The Bertz CT molecular complexity index is 776. The summed E-state index contributed by atoms with van der Waals surface area (Å²) in [5.41, 5.74) is 2.13. The lowest BCUT2D eigenvalue weighted by Gasteiger charge is -2.34. The van der Waals surface area contributed by atoms with Gasteiger partial charge in [-0.3, -0.25) is 0 Å². The molecule has 0 saturated heterocycles. The van der Waals surface area contributed by atoms with E-state index in [1.54, 1.807) is 6.21 Å². The van der Waals surface area contributed by atoms with Crippen LogP contribution in [0.25, 0.3) is 0 Å². The van der Waals surface area contributed by atoms with E-state index in [2.05, 4.69) is 11.2 Å². The third-order valence-electron chi connectivity index (χ3n) is 4.65. The summed E-state index contributed by atoms with van der Waals surface area (Å²) < 4.78 is 16.8. The number of carbonyl (C=O) groups excluding carboxylic acids is 1. The standard InChI is InChI=1S/C22H27NO5/c1-22(2,3)28-23-12-16-10-11-17-18(20(24)25-4)14-27-21(19(16)17)26-13-15-8-6-5-7-9-15/h5-10,12,14,17,19,21H,11,13H2,1-4H3/t17-,19-,21-/m1/s1. The fourth-order valence-corrected chi connectivity index (χ4v) is 3.35. The van der Waals surface area contributed by atoms with Gasteiger partial charge in [-0.25, -0.2) is 4.79 Å². The van der Waals surface area contributed by atoms with Crippen LogP contribution in [-0.4, -0.2) is 31.2 Å². The second-order valence-corrected chi connectivity index (χ2v) is 7.88. The Labute approximate surface area is 165 Å². The fourth-order valence-electron chi connectivity index (χ4n) is 3.35. The Balaban J connectivity index is 1.77. The molecule has 0 radical (unpaired) electrons.